The third-order valence-electron chi connectivity index (χ3n) is 3.94. The van der Waals surface area contributed by atoms with Crippen molar-refractivity contribution >= 4 is 40.9 Å². The lowest BCUT2D eigenvalue weighted by molar-refractivity contribution is -0.137. The van der Waals surface area contributed by atoms with E-state index in [0.29, 0.717) is 17.1 Å². The summed E-state index contributed by atoms with van der Waals surface area (Å²) in [6, 6.07) is 9.50. The van der Waals surface area contributed by atoms with Crippen LogP contribution >= 0.6 is 11.8 Å². The van der Waals surface area contributed by atoms with Crippen molar-refractivity contribution < 1.29 is 33.8 Å². The molecule has 8 nitrogen and oxygen atoms in total. The van der Waals surface area contributed by atoms with Gasteiger partial charge in [-0.3, -0.25) is 19.3 Å². The predicted octanol–water partition coefficient (Wildman–Crippen LogP) is 3.55. The second-order valence-corrected chi connectivity index (χ2v) is 6.91. The van der Waals surface area contributed by atoms with Crippen LogP contribution in [0.1, 0.15) is 29.0 Å². The van der Waals surface area contributed by atoms with E-state index in [9.17, 15) is 19.2 Å². The number of benzene rings is 1. The highest BCUT2D eigenvalue weighted by Crippen LogP contribution is 2.33. The first-order valence-electron chi connectivity index (χ1n) is 8.26. The molecule has 0 saturated carbocycles. The molecule has 0 unspecified atom stereocenters. The van der Waals surface area contributed by atoms with Crippen LogP contribution in [-0.4, -0.2) is 44.7 Å². The fourth-order valence-electron chi connectivity index (χ4n) is 2.60. The average molecular weight is 401 g/mol. The number of aliphatic carboxylic acids is 1. The molecule has 0 bridgehead atoms. The predicted molar refractivity (Wildman–Crippen MR) is 101 cm³/mol. The summed E-state index contributed by atoms with van der Waals surface area (Å²) in [6.45, 7) is 0.0414. The van der Waals surface area contributed by atoms with Crippen molar-refractivity contribution in [1.82, 2.24) is 4.90 Å². The number of amides is 2. The van der Waals surface area contributed by atoms with E-state index in [-0.39, 0.29) is 29.9 Å². The molecule has 0 aliphatic carbocycles. The van der Waals surface area contributed by atoms with E-state index in [0.717, 1.165) is 16.7 Å². The van der Waals surface area contributed by atoms with Gasteiger partial charge in [-0.25, -0.2) is 4.79 Å². The third-order valence-corrected chi connectivity index (χ3v) is 4.85. The second kappa shape index (κ2) is 8.13. The van der Waals surface area contributed by atoms with Gasteiger partial charge in [-0.15, -0.1) is 0 Å². The number of furan rings is 1. The number of carboxylic acids is 2. The van der Waals surface area contributed by atoms with Crippen LogP contribution in [0.2, 0.25) is 0 Å². The van der Waals surface area contributed by atoms with Crippen LogP contribution in [0.15, 0.2) is 45.7 Å². The van der Waals surface area contributed by atoms with Crippen molar-refractivity contribution in [2.24, 2.45) is 0 Å². The molecule has 0 radical (unpaired) electrons. The molecule has 1 saturated heterocycles. The van der Waals surface area contributed by atoms with Crippen molar-refractivity contribution in [2.75, 3.05) is 6.54 Å². The molecule has 2 amide bonds. The maximum Gasteiger partial charge on any atom is 0.335 e. The van der Waals surface area contributed by atoms with Gasteiger partial charge in [0.2, 0.25) is 0 Å². The minimum Gasteiger partial charge on any atom is -0.481 e. The van der Waals surface area contributed by atoms with Crippen molar-refractivity contribution in [3.63, 3.8) is 0 Å². The summed E-state index contributed by atoms with van der Waals surface area (Å²) in [5, 5.41) is 17.3. The number of carbonyl (C=O) groups is 4. The highest BCUT2D eigenvalue weighted by molar-refractivity contribution is 8.18. The summed E-state index contributed by atoms with van der Waals surface area (Å²) in [4.78, 5) is 47.2. The monoisotopic (exact) mass is 401 g/mol. The van der Waals surface area contributed by atoms with Gasteiger partial charge in [0, 0.05) is 24.6 Å². The smallest absolute Gasteiger partial charge is 0.335 e. The lowest BCUT2D eigenvalue weighted by Gasteiger charge is -2.10. The van der Waals surface area contributed by atoms with Crippen LogP contribution in [0, 0.1) is 0 Å². The minimum atomic E-state index is -1.05. The fraction of sp³-hybridized carbons (Fsp3) is 0.158. The van der Waals surface area contributed by atoms with Crippen LogP contribution < -0.4 is 0 Å². The summed E-state index contributed by atoms with van der Waals surface area (Å²) < 4.78 is 5.66. The number of hydrogen-bond donors (Lipinski definition) is 2. The molecule has 1 aliphatic heterocycles. The Morgan fingerprint density at radius 1 is 1.14 bits per heavy atom. The highest BCUT2D eigenvalue weighted by atomic mass is 32.2. The Morgan fingerprint density at radius 2 is 1.93 bits per heavy atom. The lowest BCUT2D eigenvalue weighted by Crippen LogP contribution is -2.29. The summed E-state index contributed by atoms with van der Waals surface area (Å²) in [7, 11) is 0. The average Bonchev–Trinajstić information content (AvgIpc) is 3.22. The first kappa shape index (κ1) is 19.4. The van der Waals surface area contributed by atoms with E-state index in [1.807, 2.05) is 0 Å². The Labute approximate surface area is 163 Å². The standard InChI is InChI=1S/C19H15NO7S/c21-16(22)5-2-8-20-17(23)15(28-19(20)26)10-13-6-7-14(27-13)11-3-1-4-12(9-11)18(24)25/h1,3-4,6-7,9-10H,2,5,8H2,(H,21,22)(H,24,25). The number of thioether (sulfide) groups is 1. The molecule has 3 rings (SSSR count). The van der Waals surface area contributed by atoms with Gasteiger partial charge in [0.25, 0.3) is 11.1 Å². The molecule has 1 aromatic carbocycles. The molecule has 2 N–H and O–H groups in total. The number of imide groups is 1. The van der Waals surface area contributed by atoms with Gasteiger partial charge < -0.3 is 14.6 Å². The number of carbonyl (C=O) groups excluding carboxylic acids is 2. The molecule has 0 spiro atoms. The van der Waals surface area contributed by atoms with Crippen LogP contribution in [0.3, 0.4) is 0 Å². The molecule has 28 heavy (non-hydrogen) atoms. The van der Waals surface area contributed by atoms with E-state index >= 15 is 0 Å². The quantitative estimate of drug-likeness (QED) is 0.675. The number of rotatable bonds is 7. The maximum atomic E-state index is 12.4. The van der Waals surface area contributed by atoms with Gasteiger partial charge in [0.15, 0.2) is 0 Å². The maximum absolute atomic E-state index is 12.4. The van der Waals surface area contributed by atoms with Gasteiger partial charge in [-0.05, 0) is 42.4 Å². The van der Waals surface area contributed by atoms with E-state index in [1.165, 1.54) is 18.2 Å². The molecular weight excluding hydrogens is 386 g/mol. The molecule has 1 fully saturated rings. The second-order valence-electron chi connectivity index (χ2n) is 5.92. The van der Waals surface area contributed by atoms with Gasteiger partial charge in [0.05, 0.1) is 10.5 Å². The molecule has 0 atom stereocenters. The summed E-state index contributed by atoms with van der Waals surface area (Å²) in [5.74, 6) is -1.77. The third kappa shape index (κ3) is 4.32. The molecule has 1 aliphatic rings. The number of nitrogens with zero attached hydrogens (tertiary/aromatic N) is 1. The lowest BCUT2D eigenvalue weighted by atomic mass is 10.1. The summed E-state index contributed by atoms with van der Waals surface area (Å²) >= 11 is 0.760. The van der Waals surface area contributed by atoms with Crippen molar-refractivity contribution in [1.29, 1.82) is 0 Å². The van der Waals surface area contributed by atoms with Gasteiger partial charge in [0.1, 0.15) is 11.5 Å². The Hall–Kier alpha value is -3.33. The van der Waals surface area contributed by atoms with E-state index in [2.05, 4.69) is 0 Å². The van der Waals surface area contributed by atoms with E-state index < -0.39 is 23.1 Å². The normalized spacial score (nSPS) is 15.4. The minimum absolute atomic E-state index is 0.0414. The Balaban J connectivity index is 1.75. The molecule has 1 aromatic heterocycles. The molecule has 144 valence electrons. The van der Waals surface area contributed by atoms with Crippen molar-refractivity contribution in [2.45, 2.75) is 12.8 Å². The largest absolute Gasteiger partial charge is 0.481 e. The topological polar surface area (TPSA) is 125 Å². The molecule has 9 heteroatoms. The fourth-order valence-corrected chi connectivity index (χ4v) is 3.45. The molecule has 2 aromatic rings. The van der Waals surface area contributed by atoms with Crippen LogP contribution in [0.5, 0.6) is 0 Å². The zero-order chi connectivity index (χ0) is 20.3. The van der Waals surface area contributed by atoms with Crippen molar-refractivity contribution in [3.05, 3.63) is 52.6 Å². The van der Waals surface area contributed by atoms with Gasteiger partial charge >= 0.3 is 11.9 Å². The summed E-state index contributed by atoms with van der Waals surface area (Å²) in [6.07, 6.45) is 1.50. The number of carboxylic acid groups (broad SMARTS) is 2. The van der Waals surface area contributed by atoms with Gasteiger partial charge in [-0.2, -0.15) is 0 Å². The zero-order valence-corrected chi connectivity index (χ0v) is 15.3. The molecular formula is C19H15NO7S. The Bertz CT molecular complexity index is 992. The Morgan fingerprint density at radius 3 is 2.64 bits per heavy atom. The summed E-state index contributed by atoms with van der Waals surface area (Å²) in [5.41, 5.74) is 0.694. The van der Waals surface area contributed by atoms with Crippen LogP contribution in [0.25, 0.3) is 17.4 Å². The number of aromatic carboxylic acids is 1. The molecule has 2 heterocycles. The van der Waals surface area contributed by atoms with Crippen molar-refractivity contribution in [3.8, 4) is 11.3 Å². The first-order chi connectivity index (χ1) is 13.3. The van der Waals surface area contributed by atoms with Crippen LogP contribution in [-0.2, 0) is 9.59 Å². The van der Waals surface area contributed by atoms with E-state index in [1.54, 1.807) is 24.3 Å². The highest BCUT2D eigenvalue weighted by Gasteiger charge is 2.34. The SMILES string of the molecule is O=C(O)CCCN1C(=O)SC(=Cc2ccc(-c3cccc(C(=O)O)c3)o2)C1=O. The van der Waals surface area contributed by atoms with Crippen LogP contribution in [0.4, 0.5) is 4.79 Å². The first-order valence-corrected chi connectivity index (χ1v) is 9.07. The van der Waals surface area contributed by atoms with E-state index in [4.69, 9.17) is 14.6 Å². The number of hydrogen-bond acceptors (Lipinski definition) is 6. The zero-order valence-electron chi connectivity index (χ0n) is 14.5. The van der Waals surface area contributed by atoms with Gasteiger partial charge in [-0.1, -0.05) is 12.1 Å². The Kier molecular flexibility index (Phi) is 5.65.